The van der Waals surface area contributed by atoms with E-state index in [-0.39, 0.29) is 24.5 Å². The van der Waals surface area contributed by atoms with Crippen LogP contribution in [0.3, 0.4) is 0 Å². The highest BCUT2D eigenvalue weighted by molar-refractivity contribution is 6.03. The average molecular weight is 346 g/mol. The molecule has 0 spiro atoms. The van der Waals surface area contributed by atoms with Gasteiger partial charge in [0.25, 0.3) is 5.91 Å². The second-order valence-electron chi connectivity index (χ2n) is 6.43. The third-order valence-corrected chi connectivity index (χ3v) is 3.62. The van der Waals surface area contributed by atoms with Crippen LogP contribution in [0.25, 0.3) is 0 Å². The quantitative estimate of drug-likeness (QED) is 0.693. The molecule has 0 saturated carbocycles. The van der Waals surface area contributed by atoms with Crippen LogP contribution < -0.4 is 10.6 Å². The predicted molar refractivity (Wildman–Crippen MR) is 90.2 cm³/mol. The number of allylic oxidation sites excluding steroid dienone is 1. The summed E-state index contributed by atoms with van der Waals surface area (Å²) in [6, 6.07) is 8.11. The lowest BCUT2D eigenvalue weighted by molar-refractivity contribution is -0.134. The molecule has 2 rings (SSSR count). The largest absolute Gasteiger partial charge is 0.482 e. The van der Waals surface area contributed by atoms with E-state index in [9.17, 15) is 19.5 Å². The minimum Gasteiger partial charge on any atom is -0.482 e. The van der Waals surface area contributed by atoms with Crippen LogP contribution in [0.2, 0.25) is 0 Å². The molecule has 0 bridgehead atoms. The third kappa shape index (κ3) is 5.42. The summed E-state index contributed by atoms with van der Waals surface area (Å²) in [6.45, 7) is 3.09. The number of amides is 2. The van der Waals surface area contributed by atoms with E-state index >= 15 is 0 Å². The zero-order valence-electron chi connectivity index (χ0n) is 14.2. The van der Waals surface area contributed by atoms with Gasteiger partial charge < -0.3 is 20.5 Å². The number of carbonyl (C=O) groups is 3. The van der Waals surface area contributed by atoms with Gasteiger partial charge in [0.05, 0.1) is 6.61 Å². The molecule has 134 valence electrons. The molecule has 1 aromatic carbocycles. The number of benzene rings is 1. The molecule has 0 saturated heterocycles. The molecule has 1 unspecified atom stereocenters. The molecular formula is C18H22N2O5. The summed E-state index contributed by atoms with van der Waals surface area (Å²) in [5.41, 5.74) is 0.104. The van der Waals surface area contributed by atoms with Crippen molar-refractivity contribution in [2.45, 2.75) is 38.5 Å². The Morgan fingerprint density at radius 3 is 2.56 bits per heavy atom. The van der Waals surface area contributed by atoms with Gasteiger partial charge >= 0.3 is 0 Å². The van der Waals surface area contributed by atoms with E-state index in [0.29, 0.717) is 0 Å². The highest BCUT2D eigenvalue weighted by atomic mass is 16.5. The summed E-state index contributed by atoms with van der Waals surface area (Å²) < 4.78 is 5.48. The van der Waals surface area contributed by atoms with Crippen LogP contribution in [0.4, 0.5) is 0 Å². The van der Waals surface area contributed by atoms with Crippen LogP contribution in [0.15, 0.2) is 42.2 Å². The van der Waals surface area contributed by atoms with E-state index < -0.39 is 30.1 Å². The Hall–Kier alpha value is -2.67. The molecule has 25 heavy (non-hydrogen) atoms. The van der Waals surface area contributed by atoms with Gasteiger partial charge in [0, 0.05) is 19.0 Å². The third-order valence-electron chi connectivity index (χ3n) is 3.62. The average Bonchev–Trinajstić information content (AvgIpc) is 2.56. The fraction of sp³-hybridized carbons (Fsp3) is 0.389. The minimum absolute atomic E-state index is 0.157. The van der Waals surface area contributed by atoms with Crippen LogP contribution >= 0.6 is 0 Å². The number of aliphatic hydroxyl groups is 1. The summed E-state index contributed by atoms with van der Waals surface area (Å²) >= 11 is 0. The predicted octanol–water partition coefficient (Wildman–Crippen LogP) is 0.432. The SMILES string of the molecule is CC1(C)CC(=O)C=C(C(=O)NC(CO)C(=O)NCc2ccccc2)O1. The van der Waals surface area contributed by atoms with E-state index in [2.05, 4.69) is 10.6 Å². The Bertz CT molecular complexity index is 682. The molecular weight excluding hydrogens is 324 g/mol. The molecule has 1 heterocycles. The second kappa shape index (κ2) is 7.94. The number of nitrogens with one attached hydrogen (secondary N) is 2. The first kappa shape index (κ1) is 18.7. The number of aliphatic hydroxyl groups excluding tert-OH is 1. The maximum absolute atomic E-state index is 12.2. The maximum Gasteiger partial charge on any atom is 0.287 e. The minimum atomic E-state index is -1.14. The van der Waals surface area contributed by atoms with Crippen LogP contribution in [-0.2, 0) is 25.7 Å². The molecule has 7 nitrogen and oxygen atoms in total. The highest BCUT2D eigenvalue weighted by Gasteiger charge is 2.33. The number of hydrogen-bond acceptors (Lipinski definition) is 5. The molecule has 3 N–H and O–H groups in total. The fourth-order valence-electron chi connectivity index (χ4n) is 2.42. The first-order valence-corrected chi connectivity index (χ1v) is 7.97. The van der Waals surface area contributed by atoms with Gasteiger partial charge in [-0.05, 0) is 19.4 Å². The zero-order chi connectivity index (χ0) is 18.4. The molecule has 1 atom stereocenters. The van der Waals surface area contributed by atoms with E-state index in [4.69, 9.17) is 4.74 Å². The van der Waals surface area contributed by atoms with Gasteiger partial charge in [-0.15, -0.1) is 0 Å². The van der Waals surface area contributed by atoms with Gasteiger partial charge in [-0.25, -0.2) is 0 Å². The molecule has 0 fully saturated rings. The first-order chi connectivity index (χ1) is 11.8. The summed E-state index contributed by atoms with van der Waals surface area (Å²) in [5, 5.41) is 14.4. The summed E-state index contributed by atoms with van der Waals surface area (Å²) in [6.07, 6.45) is 1.28. The number of carbonyl (C=O) groups excluding carboxylic acids is 3. The standard InChI is InChI=1S/C18H22N2O5/c1-18(2)9-13(22)8-15(25-18)17(24)20-14(11-21)16(23)19-10-12-6-4-3-5-7-12/h3-8,14,21H,9-11H2,1-2H3,(H,19,23)(H,20,24). The lowest BCUT2D eigenvalue weighted by Gasteiger charge is -2.30. The Morgan fingerprint density at radius 2 is 1.96 bits per heavy atom. The lowest BCUT2D eigenvalue weighted by Crippen LogP contribution is -2.50. The van der Waals surface area contributed by atoms with Crippen molar-refractivity contribution in [1.29, 1.82) is 0 Å². The molecule has 0 aliphatic carbocycles. The Morgan fingerprint density at radius 1 is 1.28 bits per heavy atom. The van der Waals surface area contributed by atoms with Gasteiger partial charge in [-0.2, -0.15) is 0 Å². The summed E-state index contributed by atoms with van der Waals surface area (Å²) in [5.74, 6) is -1.62. The molecule has 1 aromatic rings. The number of rotatable bonds is 6. The van der Waals surface area contributed by atoms with E-state index in [0.717, 1.165) is 11.6 Å². The number of ketones is 1. The topological polar surface area (TPSA) is 105 Å². The maximum atomic E-state index is 12.2. The van der Waals surface area contributed by atoms with Gasteiger partial charge in [-0.1, -0.05) is 30.3 Å². The van der Waals surface area contributed by atoms with Crippen molar-refractivity contribution in [3.05, 3.63) is 47.7 Å². The lowest BCUT2D eigenvalue weighted by atomic mass is 9.98. The van der Waals surface area contributed by atoms with Crippen molar-refractivity contribution >= 4 is 17.6 Å². The van der Waals surface area contributed by atoms with Crippen molar-refractivity contribution < 1.29 is 24.2 Å². The fourth-order valence-corrected chi connectivity index (χ4v) is 2.42. The molecule has 7 heteroatoms. The Balaban J connectivity index is 1.95. The van der Waals surface area contributed by atoms with Crippen LogP contribution in [0.5, 0.6) is 0 Å². The summed E-state index contributed by atoms with van der Waals surface area (Å²) in [7, 11) is 0. The van der Waals surface area contributed by atoms with Crippen molar-refractivity contribution in [3.63, 3.8) is 0 Å². The van der Waals surface area contributed by atoms with E-state index in [1.54, 1.807) is 13.8 Å². The van der Waals surface area contributed by atoms with Gasteiger partial charge in [-0.3, -0.25) is 14.4 Å². The van der Waals surface area contributed by atoms with Gasteiger partial charge in [0.1, 0.15) is 11.6 Å². The molecule has 0 aromatic heterocycles. The normalized spacial score (nSPS) is 17.1. The van der Waals surface area contributed by atoms with Crippen molar-refractivity contribution in [1.82, 2.24) is 10.6 Å². The molecule has 1 aliphatic rings. The van der Waals surface area contributed by atoms with Crippen LogP contribution in [-0.4, -0.2) is 41.0 Å². The van der Waals surface area contributed by atoms with Crippen molar-refractivity contribution in [2.75, 3.05) is 6.61 Å². The molecule has 1 aliphatic heterocycles. The second-order valence-corrected chi connectivity index (χ2v) is 6.43. The van der Waals surface area contributed by atoms with Crippen molar-refractivity contribution in [2.24, 2.45) is 0 Å². The highest BCUT2D eigenvalue weighted by Crippen LogP contribution is 2.24. The zero-order valence-corrected chi connectivity index (χ0v) is 14.2. The van der Waals surface area contributed by atoms with E-state index in [1.165, 1.54) is 0 Å². The van der Waals surface area contributed by atoms with Crippen LogP contribution in [0, 0.1) is 0 Å². The molecule has 2 amide bonds. The summed E-state index contributed by atoms with van der Waals surface area (Å²) in [4.78, 5) is 36.1. The molecule has 0 radical (unpaired) electrons. The van der Waals surface area contributed by atoms with E-state index in [1.807, 2.05) is 30.3 Å². The van der Waals surface area contributed by atoms with Gasteiger partial charge in [0.15, 0.2) is 11.5 Å². The Kier molecular flexibility index (Phi) is 5.93. The smallest absolute Gasteiger partial charge is 0.287 e. The van der Waals surface area contributed by atoms with Crippen molar-refractivity contribution in [3.8, 4) is 0 Å². The first-order valence-electron chi connectivity index (χ1n) is 7.97. The monoisotopic (exact) mass is 346 g/mol. The number of ether oxygens (including phenoxy) is 1. The van der Waals surface area contributed by atoms with Gasteiger partial charge in [0.2, 0.25) is 5.91 Å². The number of hydrogen-bond donors (Lipinski definition) is 3. The van der Waals surface area contributed by atoms with Crippen LogP contribution in [0.1, 0.15) is 25.8 Å². The Labute approximate surface area is 146 Å².